The molecule has 1 heterocycles. The molecule has 0 aliphatic heterocycles. The molecule has 8 nitrogen and oxygen atoms in total. The van der Waals surface area contributed by atoms with Gasteiger partial charge < -0.3 is 33.2 Å². The number of nitrogens with zero attached hydrogens (tertiary/aromatic N) is 2. The molecule has 272 valence electrons. The quantitative estimate of drug-likeness (QED) is 0.0686. The van der Waals surface area contributed by atoms with Crippen LogP contribution in [-0.2, 0) is 6.42 Å². The van der Waals surface area contributed by atoms with E-state index in [4.69, 9.17) is 23.4 Å². The van der Waals surface area contributed by atoms with Crippen molar-refractivity contribution in [1.29, 1.82) is 0 Å². The zero-order valence-electron chi connectivity index (χ0n) is 31.6. The highest BCUT2D eigenvalue weighted by Gasteiger charge is 2.25. The lowest BCUT2D eigenvalue weighted by Gasteiger charge is -2.20. The molecular weight excluding hydrogens is 616 g/mol. The summed E-state index contributed by atoms with van der Waals surface area (Å²) in [4.78, 5) is 19.4. The molecule has 0 atom stereocenters. The second kappa shape index (κ2) is 21.6. The van der Waals surface area contributed by atoms with Gasteiger partial charge in [0.2, 0.25) is 11.2 Å². The molecule has 0 aliphatic rings. The van der Waals surface area contributed by atoms with Crippen molar-refractivity contribution in [3.05, 3.63) is 57.8 Å². The van der Waals surface area contributed by atoms with Gasteiger partial charge in [0.05, 0.1) is 26.9 Å². The molecule has 0 saturated carbocycles. The molecule has 0 spiro atoms. The second-order valence-electron chi connectivity index (χ2n) is 12.7. The van der Waals surface area contributed by atoms with Gasteiger partial charge in [-0.15, -0.1) is 0 Å². The number of hydrogen-bond donors (Lipinski definition) is 0. The maximum atomic E-state index is 14.6. The summed E-state index contributed by atoms with van der Waals surface area (Å²) in [5.74, 6) is 2.49. The highest BCUT2D eigenvalue weighted by Crippen LogP contribution is 2.40. The Bertz CT molecular complexity index is 1480. The fraction of sp³-hybridized carbons (Fsp3) is 0.585. The summed E-state index contributed by atoms with van der Waals surface area (Å²) in [5.41, 5.74) is 2.99. The summed E-state index contributed by atoms with van der Waals surface area (Å²) >= 11 is 0. The molecule has 8 heteroatoms. The van der Waals surface area contributed by atoms with Gasteiger partial charge in [-0.3, -0.25) is 4.79 Å². The van der Waals surface area contributed by atoms with Crippen LogP contribution in [0.5, 0.6) is 23.0 Å². The SMILES string of the molecule is CCCCOc1cc(OCCCCN(CC)CC)c(CC=C(C)C)c2oc(-c3ccc(OC)cc3)c(OCCCCN(CC)CC)c(=O)c12. The van der Waals surface area contributed by atoms with Crippen LogP contribution in [0.25, 0.3) is 22.3 Å². The largest absolute Gasteiger partial charge is 0.497 e. The molecule has 0 radical (unpaired) electrons. The molecule has 3 rings (SSSR count). The van der Waals surface area contributed by atoms with Crippen molar-refractivity contribution in [2.24, 2.45) is 0 Å². The van der Waals surface area contributed by atoms with E-state index in [1.807, 2.05) is 30.3 Å². The van der Waals surface area contributed by atoms with Gasteiger partial charge >= 0.3 is 0 Å². The van der Waals surface area contributed by atoms with Gasteiger partial charge in [0.15, 0.2) is 5.76 Å². The first-order valence-corrected chi connectivity index (χ1v) is 18.6. The van der Waals surface area contributed by atoms with Gasteiger partial charge in [-0.2, -0.15) is 0 Å². The average Bonchev–Trinajstić information content (AvgIpc) is 3.11. The first-order chi connectivity index (χ1) is 23.8. The van der Waals surface area contributed by atoms with Gasteiger partial charge in [-0.05, 0) is 116 Å². The van der Waals surface area contributed by atoms with Crippen LogP contribution in [0.2, 0.25) is 0 Å². The maximum absolute atomic E-state index is 14.6. The van der Waals surface area contributed by atoms with Gasteiger partial charge in [-0.1, -0.05) is 52.7 Å². The van der Waals surface area contributed by atoms with E-state index >= 15 is 0 Å². The van der Waals surface area contributed by atoms with Crippen molar-refractivity contribution >= 4 is 11.0 Å². The molecule has 0 bridgehead atoms. The minimum absolute atomic E-state index is 0.207. The summed E-state index contributed by atoms with van der Waals surface area (Å²) < 4.78 is 31.5. The van der Waals surface area contributed by atoms with Crippen molar-refractivity contribution < 1.29 is 23.4 Å². The average molecular weight is 679 g/mol. The first-order valence-electron chi connectivity index (χ1n) is 18.6. The minimum atomic E-state index is -0.230. The second-order valence-corrected chi connectivity index (χ2v) is 12.7. The number of methoxy groups -OCH3 is 1. The Kier molecular flexibility index (Phi) is 17.6. The summed E-state index contributed by atoms with van der Waals surface area (Å²) in [6.07, 6.45) is 8.31. The van der Waals surface area contributed by atoms with Crippen molar-refractivity contribution in [3.63, 3.8) is 0 Å². The normalized spacial score (nSPS) is 11.4. The van der Waals surface area contributed by atoms with E-state index in [0.717, 1.165) is 94.7 Å². The molecule has 2 aromatic carbocycles. The molecule has 0 unspecified atom stereocenters. The Labute approximate surface area is 295 Å². The van der Waals surface area contributed by atoms with Crippen molar-refractivity contribution in [2.45, 2.75) is 93.4 Å². The summed E-state index contributed by atoms with van der Waals surface area (Å²) in [5, 5.41) is 0.401. The van der Waals surface area contributed by atoms with Gasteiger partial charge in [0, 0.05) is 17.2 Å². The van der Waals surface area contributed by atoms with Crippen molar-refractivity contribution in [3.8, 4) is 34.3 Å². The summed E-state index contributed by atoms with van der Waals surface area (Å²) in [7, 11) is 1.64. The molecule has 49 heavy (non-hydrogen) atoms. The Morgan fingerprint density at radius 1 is 0.755 bits per heavy atom. The number of fused-ring (bicyclic) bond motifs is 1. The number of ether oxygens (including phenoxy) is 4. The smallest absolute Gasteiger partial charge is 0.239 e. The number of benzene rings is 2. The Hall–Kier alpha value is -3.49. The number of hydrogen-bond acceptors (Lipinski definition) is 8. The van der Waals surface area contributed by atoms with Gasteiger partial charge in [0.25, 0.3) is 0 Å². The van der Waals surface area contributed by atoms with Crippen LogP contribution >= 0.6 is 0 Å². The minimum Gasteiger partial charge on any atom is -0.497 e. The van der Waals surface area contributed by atoms with E-state index in [-0.39, 0.29) is 11.2 Å². The molecule has 0 aliphatic carbocycles. The number of rotatable bonds is 24. The predicted molar refractivity (Wildman–Crippen MR) is 203 cm³/mol. The molecule has 0 fully saturated rings. The third kappa shape index (κ3) is 11.8. The van der Waals surface area contributed by atoms with Crippen LogP contribution < -0.4 is 24.4 Å². The highest BCUT2D eigenvalue weighted by atomic mass is 16.5. The van der Waals surface area contributed by atoms with Crippen LogP contribution in [0.15, 0.2) is 51.2 Å². The van der Waals surface area contributed by atoms with Gasteiger partial charge in [0.1, 0.15) is 28.2 Å². The van der Waals surface area contributed by atoms with Crippen LogP contribution in [0.3, 0.4) is 0 Å². The Balaban J connectivity index is 2.15. The summed E-state index contributed by atoms with van der Waals surface area (Å²) in [6.45, 7) is 22.7. The lowest BCUT2D eigenvalue weighted by molar-refractivity contribution is 0.261. The molecule has 0 N–H and O–H groups in total. The zero-order chi connectivity index (χ0) is 35.6. The summed E-state index contributed by atoms with van der Waals surface area (Å²) in [6, 6.07) is 9.44. The Morgan fingerprint density at radius 3 is 1.88 bits per heavy atom. The Morgan fingerprint density at radius 2 is 1.33 bits per heavy atom. The van der Waals surface area contributed by atoms with Crippen LogP contribution in [0.1, 0.15) is 92.6 Å². The van der Waals surface area contributed by atoms with E-state index < -0.39 is 0 Å². The zero-order valence-corrected chi connectivity index (χ0v) is 31.6. The van der Waals surface area contributed by atoms with Crippen LogP contribution in [0.4, 0.5) is 0 Å². The van der Waals surface area contributed by atoms with E-state index in [1.165, 1.54) is 5.57 Å². The third-order valence-corrected chi connectivity index (χ3v) is 9.00. The van der Waals surface area contributed by atoms with E-state index in [0.29, 0.717) is 54.5 Å². The number of allylic oxidation sites excluding steroid dienone is 2. The topological polar surface area (TPSA) is 73.6 Å². The van der Waals surface area contributed by atoms with Gasteiger partial charge in [-0.25, -0.2) is 0 Å². The van der Waals surface area contributed by atoms with E-state index in [1.54, 1.807) is 7.11 Å². The van der Waals surface area contributed by atoms with E-state index in [9.17, 15) is 4.79 Å². The molecule has 0 amide bonds. The lowest BCUT2D eigenvalue weighted by Crippen LogP contribution is -2.24. The van der Waals surface area contributed by atoms with Crippen LogP contribution in [0, 0.1) is 0 Å². The molecule has 3 aromatic rings. The van der Waals surface area contributed by atoms with Crippen molar-refractivity contribution in [1.82, 2.24) is 9.80 Å². The molecule has 1 aromatic heterocycles. The fourth-order valence-electron chi connectivity index (χ4n) is 5.79. The van der Waals surface area contributed by atoms with Crippen LogP contribution in [-0.4, -0.2) is 76.0 Å². The standard InChI is InChI=1S/C41H62N2O6/c1-9-14-27-47-36-30-35(46-28-17-15-25-42(10-2)11-3)34(24-19-31(6)7)40-37(36)38(44)41(48-29-18-16-26-43(12-4)13-5)39(49-40)32-20-22-33(45-8)23-21-32/h19-23,30H,9-18,24-29H2,1-8H3. The maximum Gasteiger partial charge on any atom is 0.239 e. The third-order valence-electron chi connectivity index (χ3n) is 9.00. The molecule has 0 saturated heterocycles. The fourth-order valence-corrected chi connectivity index (χ4v) is 5.79. The predicted octanol–water partition coefficient (Wildman–Crippen LogP) is 9.16. The number of unbranched alkanes of at least 4 members (excludes halogenated alkanes) is 3. The highest BCUT2D eigenvalue weighted by molar-refractivity contribution is 5.91. The first kappa shape index (κ1) is 39.9. The lowest BCUT2D eigenvalue weighted by atomic mass is 10.0. The molecular formula is C41H62N2O6. The van der Waals surface area contributed by atoms with E-state index in [2.05, 4.69) is 64.3 Å². The monoisotopic (exact) mass is 678 g/mol. The van der Waals surface area contributed by atoms with Crippen molar-refractivity contribution in [2.75, 3.05) is 66.2 Å².